The van der Waals surface area contributed by atoms with Crippen LogP contribution in [-0.4, -0.2) is 37.8 Å². The Bertz CT molecular complexity index is 718. The van der Waals surface area contributed by atoms with Crippen LogP contribution in [0.25, 0.3) is 0 Å². The Kier molecular flexibility index (Phi) is 7.21. The Labute approximate surface area is 156 Å². The number of sulfonamides is 1. The van der Waals surface area contributed by atoms with Crippen molar-refractivity contribution in [1.29, 1.82) is 0 Å². The molecule has 0 aliphatic rings. The molecule has 0 spiro atoms. The smallest absolute Gasteiger partial charge is 0.407 e. The number of hydrogen-bond donors (Lipinski definition) is 3. The Morgan fingerprint density at radius 2 is 1.73 bits per heavy atom. The van der Waals surface area contributed by atoms with Crippen LogP contribution < -0.4 is 10.0 Å². The van der Waals surface area contributed by atoms with Crippen molar-refractivity contribution in [3.63, 3.8) is 0 Å². The van der Waals surface area contributed by atoms with Crippen LogP contribution in [0.3, 0.4) is 0 Å². The summed E-state index contributed by atoms with van der Waals surface area (Å²) < 4.78 is 33.0. The fourth-order valence-electron chi connectivity index (χ4n) is 2.19. The van der Waals surface area contributed by atoms with Gasteiger partial charge in [0, 0.05) is 6.54 Å². The van der Waals surface area contributed by atoms with Crippen molar-refractivity contribution in [2.24, 2.45) is 5.41 Å². The first-order valence-corrected chi connectivity index (χ1v) is 9.92. The molecule has 148 valence electrons. The molecular formula is C18H30N2O5S. The van der Waals surface area contributed by atoms with Gasteiger partial charge >= 0.3 is 6.09 Å². The number of nitrogens with one attached hydrogen (secondary N) is 2. The lowest BCUT2D eigenvalue weighted by molar-refractivity contribution is 0.0466. The van der Waals surface area contributed by atoms with Crippen molar-refractivity contribution < 1.29 is 23.1 Å². The number of aliphatic hydroxyl groups is 1. The first-order chi connectivity index (χ1) is 11.8. The van der Waals surface area contributed by atoms with Gasteiger partial charge in [-0.05, 0) is 37.8 Å². The summed E-state index contributed by atoms with van der Waals surface area (Å²) in [4.78, 5) is 12.1. The average molecular weight is 387 g/mol. The fraction of sp³-hybridized carbons (Fsp3) is 0.611. The summed E-state index contributed by atoms with van der Waals surface area (Å²) in [7, 11) is -3.83. The van der Waals surface area contributed by atoms with Crippen LogP contribution in [0.1, 0.15) is 47.1 Å². The molecule has 1 amide bonds. The van der Waals surface area contributed by atoms with E-state index in [2.05, 4.69) is 10.0 Å². The lowest BCUT2D eigenvalue weighted by atomic mass is 9.87. The summed E-state index contributed by atoms with van der Waals surface area (Å²) in [5.74, 6) is 0. The van der Waals surface area contributed by atoms with Crippen LogP contribution in [0.15, 0.2) is 29.2 Å². The summed E-state index contributed by atoms with van der Waals surface area (Å²) in [5, 5.41) is 12.1. The molecule has 0 unspecified atom stereocenters. The minimum absolute atomic E-state index is 0.00909. The van der Waals surface area contributed by atoms with Gasteiger partial charge in [-0.25, -0.2) is 17.9 Å². The first kappa shape index (κ1) is 22.4. The quantitative estimate of drug-likeness (QED) is 0.696. The van der Waals surface area contributed by atoms with E-state index in [1.54, 1.807) is 39.0 Å². The standard InChI is InChI=1S/C18H30N2O5S/c1-17(2,3)15(20-16(22)25-18(4,5)6)11-19-26(23,24)14-10-8-7-9-13(14)12-21/h7-10,15,19,21H,11-12H2,1-6H3,(H,20,22)/t15-/m1/s1. The number of carbonyl (C=O) groups excluding carboxylic acids is 1. The zero-order chi connectivity index (χ0) is 20.2. The largest absolute Gasteiger partial charge is 0.444 e. The van der Waals surface area contributed by atoms with Gasteiger partial charge in [-0.1, -0.05) is 39.0 Å². The van der Waals surface area contributed by atoms with Crippen LogP contribution in [0.2, 0.25) is 0 Å². The Morgan fingerprint density at radius 1 is 1.15 bits per heavy atom. The fourth-order valence-corrected chi connectivity index (χ4v) is 3.47. The summed E-state index contributed by atoms with van der Waals surface area (Å²) in [6, 6.07) is 5.74. The highest BCUT2D eigenvalue weighted by Crippen LogP contribution is 2.21. The van der Waals surface area contributed by atoms with E-state index in [9.17, 15) is 18.3 Å². The second-order valence-corrected chi connectivity index (χ2v) is 9.92. The van der Waals surface area contributed by atoms with Gasteiger partial charge in [0.05, 0.1) is 17.5 Å². The van der Waals surface area contributed by atoms with E-state index in [4.69, 9.17) is 4.74 Å². The number of rotatable bonds is 6. The second-order valence-electron chi connectivity index (χ2n) is 8.18. The molecule has 1 aromatic carbocycles. The number of hydrogen-bond acceptors (Lipinski definition) is 5. The Balaban J connectivity index is 2.91. The zero-order valence-electron chi connectivity index (χ0n) is 16.3. The normalized spacial score (nSPS) is 14.0. The summed E-state index contributed by atoms with van der Waals surface area (Å²) >= 11 is 0. The van der Waals surface area contributed by atoms with Gasteiger partial charge in [0.1, 0.15) is 5.60 Å². The predicted molar refractivity (Wildman–Crippen MR) is 100 cm³/mol. The molecule has 0 radical (unpaired) electrons. The van der Waals surface area contributed by atoms with Crippen LogP contribution >= 0.6 is 0 Å². The number of carbonyl (C=O) groups is 1. The molecule has 0 aliphatic carbocycles. The van der Waals surface area contributed by atoms with Crippen molar-refractivity contribution in [2.75, 3.05) is 6.54 Å². The highest BCUT2D eigenvalue weighted by atomic mass is 32.2. The van der Waals surface area contributed by atoms with Crippen molar-refractivity contribution in [3.05, 3.63) is 29.8 Å². The van der Waals surface area contributed by atoms with Gasteiger partial charge in [-0.15, -0.1) is 0 Å². The molecule has 0 heterocycles. The number of benzene rings is 1. The van der Waals surface area contributed by atoms with Gasteiger partial charge < -0.3 is 15.2 Å². The molecular weight excluding hydrogens is 356 g/mol. The maximum Gasteiger partial charge on any atom is 0.407 e. The van der Waals surface area contributed by atoms with E-state index in [1.807, 2.05) is 20.8 Å². The van der Waals surface area contributed by atoms with E-state index in [-0.39, 0.29) is 18.0 Å². The minimum Gasteiger partial charge on any atom is -0.444 e. The molecule has 3 N–H and O–H groups in total. The molecule has 0 aliphatic heterocycles. The molecule has 7 nitrogen and oxygen atoms in total. The minimum atomic E-state index is -3.83. The lowest BCUT2D eigenvalue weighted by Gasteiger charge is -2.32. The highest BCUT2D eigenvalue weighted by Gasteiger charge is 2.30. The maximum absolute atomic E-state index is 12.6. The molecule has 0 fully saturated rings. The molecule has 1 rings (SSSR count). The third kappa shape index (κ3) is 6.93. The summed E-state index contributed by atoms with van der Waals surface area (Å²) in [6.45, 7) is 10.6. The molecule has 0 saturated carbocycles. The lowest BCUT2D eigenvalue weighted by Crippen LogP contribution is -2.51. The van der Waals surface area contributed by atoms with Gasteiger partial charge in [-0.3, -0.25) is 0 Å². The maximum atomic E-state index is 12.6. The van der Waals surface area contributed by atoms with Crippen LogP contribution in [0.4, 0.5) is 4.79 Å². The van der Waals surface area contributed by atoms with Crippen LogP contribution in [0.5, 0.6) is 0 Å². The molecule has 8 heteroatoms. The molecule has 0 aromatic heterocycles. The van der Waals surface area contributed by atoms with Gasteiger partial charge in [0.2, 0.25) is 10.0 Å². The summed E-state index contributed by atoms with van der Waals surface area (Å²) in [5.41, 5.74) is -0.741. The number of ether oxygens (including phenoxy) is 1. The third-order valence-electron chi connectivity index (χ3n) is 3.65. The summed E-state index contributed by atoms with van der Waals surface area (Å²) in [6.07, 6.45) is -0.604. The number of alkyl carbamates (subject to hydrolysis) is 1. The van der Waals surface area contributed by atoms with Crippen molar-refractivity contribution in [3.8, 4) is 0 Å². The van der Waals surface area contributed by atoms with Gasteiger partial charge in [0.25, 0.3) is 0 Å². The third-order valence-corrected chi connectivity index (χ3v) is 5.17. The SMILES string of the molecule is CC(C)(C)OC(=O)N[C@H](CNS(=O)(=O)c1ccccc1CO)C(C)(C)C. The number of amides is 1. The van der Waals surface area contributed by atoms with Crippen molar-refractivity contribution in [1.82, 2.24) is 10.0 Å². The average Bonchev–Trinajstić information content (AvgIpc) is 2.48. The van der Waals surface area contributed by atoms with Crippen LogP contribution in [0, 0.1) is 5.41 Å². The Morgan fingerprint density at radius 3 is 2.23 bits per heavy atom. The van der Waals surface area contributed by atoms with E-state index in [0.717, 1.165) is 0 Å². The second kappa shape index (κ2) is 8.37. The number of aliphatic hydroxyl groups excluding tert-OH is 1. The van der Waals surface area contributed by atoms with Crippen molar-refractivity contribution in [2.45, 2.75) is 64.7 Å². The van der Waals surface area contributed by atoms with Gasteiger partial charge in [-0.2, -0.15) is 0 Å². The monoisotopic (exact) mass is 386 g/mol. The van der Waals surface area contributed by atoms with Crippen molar-refractivity contribution >= 4 is 16.1 Å². The molecule has 1 atom stereocenters. The van der Waals surface area contributed by atoms with E-state index < -0.39 is 33.2 Å². The molecule has 0 bridgehead atoms. The van der Waals surface area contributed by atoms with E-state index in [1.165, 1.54) is 6.07 Å². The molecule has 1 aromatic rings. The molecule has 26 heavy (non-hydrogen) atoms. The predicted octanol–water partition coefficient (Wildman–Crippen LogP) is 2.40. The topological polar surface area (TPSA) is 105 Å². The van der Waals surface area contributed by atoms with Gasteiger partial charge in [0.15, 0.2) is 0 Å². The zero-order valence-corrected chi connectivity index (χ0v) is 17.1. The van der Waals surface area contributed by atoms with E-state index >= 15 is 0 Å². The first-order valence-electron chi connectivity index (χ1n) is 8.44. The highest BCUT2D eigenvalue weighted by molar-refractivity contribution is 7.89. The van der Waals surface area contributed by atoms with E-state index in [0.29, 0.717) is 5.56 Å². The van der Waals surface area contributed by atoms with Crippen LogP contribution in [-0.2, 0) is 21.4 Å². The Hall–Kier alpha value is -1.64. The molecule has 0 saturated heterocycles.